The third kappa shape index (κ3) is 2.98. The van der Waals surface area contributed by atoms with E-state index in [0.29, 0.717) is 17.4 Å². The van der Waals surface area contributed by atoms with E-state index in [0.717, 1.165) is 24.2 Å². The minimum atomic E-state index is -1.34. The molecule has 0 aliphatic heterocycles. The van der Waals surface area contributed by atoms with Gasteiger partial charge in [0.05, 0.1) is 0 Å². The number of rotatable bonds is 3. The number of hydrogen-bond donors (Lipinski definition) is 1. The molecule has 1 aliphatic rings. The summed E-state index contributed by atoms with van der Waals surface area (Å²) in [5.41, 5.74) is 8.34. The maximum atomic E-state index is 13.3. The summed E-state index contributed by atoms with van der Waals surface area (Å²) in [6.45, 7) is 0.652. The molecule has 4 heteroatoms. The van der Waals surface area contributed by atoms with Crippen LogP contribution in [0.15, 0.2) is 52.3 Å². The molecule has 0 fully saturated rings. The number of nitrogens with two attached hydrogens (primary N) is 1. The average molecular weight is 303 g/mol. The minimum absolute atomic E-state index is 0.359. The van der Waals surface area contributed by atoms with Crippen molar-refractivity contribution in [2.24, 2.45) is 5.73 Å². The lowest BCUT2D eigenvalue weighted by atomic mass is 9.83. The Balaban J connectivity index is 1.93. The zero-order chi connectivity index (χ0) is 14.8. The Morgan fingerprint density at radius 1 is 1.19 bits per heavy atom. The highest BCUT2D eigenvalue weighted by Gasteiger charge is 2.22. The first-order valence-corrected chi connectivity index (χ1v) is 8.34. The van der Waals surface area contributed by atoms with Gasteiger partial charge in [0, 0.05) is 17.2 Å². The van der Waals surface area contributed by atoms with E-state index < -0.39 is 11.2 Å². The van der Waals surface area contributed by atoms with Crippen LogP contribution >= 0.6 is 0 Å². The van der Waals surface area contributed by atoms with Gasteiger partial charge < -0.3 is 10.3 Å². The quantitative estimate of drug-likeness (QED) is 0.884. The summed E-state index contributed by atoms with van der Waals surface area (Å²) < 4.78 is 25.8. The van der Waals surface area contributed by atoms with Crippen LogP contribution in [0.25, 0.3) is 0 Å². The largest absolute Gasteiger partial charge is 0.606 e. The smallest absolute Gasteiger partial charge is 0.161 e. The molecule has 0 radical (unpaired) electrons. The van der Waals surface area contributed by atoms with Crippen LogP contribution in [0, 0.1) is 5.82 Å². The Labute approximate surface area is 127 Å². The number of halogens is 1. The summed E-state index contributed by atoms with van der Waals surface area (Å²) >= 11 is -1.34. The van der Waals surface area contributed by atoms with E-state index in [-0.39, 0.29) is 5.82 Å². The predicted molar refractivity (Wildman–Crippen MR) is 82.2 cm³/mol. The monoisotopic (exact) mass is 303 g/mol. The number of benzene rings is 2. The van der Waals surface area contributed by atoms with Gasteiger partial charge in [-0.05, 0) is 67.1 Å². The molecule has 0 amide bonds. The fraction of sp³-hybridized carbons (Fsp3) is 0.294. The molecule has 2 nitrogen and oxygen atoms in total. The Hall–Kier alpha value is -1.36. The summed E-state index contributed by atoms with van der Waals surface area (Å²) in [6.07, 6.45) is 3.24. The minimum Gasteiger partial charge on any atom is -0.606 e. The van der Waals surface area contributed by atoms with Crippen molar-refractivity contribution in [3.63, 3.8) is 0 Å². The first-order chi connectivity index (χ1) is 10.2. The molecule has 0 saturated heterocycles. The van der Waals surface area contributed by atoms with Crippen LogP contribution in [-0.2, 0) is 17.6 Å². The molecule has 0 bridgehead atoms. The number of fused-ring (bicyclic) bond motifs is 1. The van der Waals surface area contributed by atoms with Crippen molar-refractivity contribution in [2.45, 2.75) is 35.0 Å². The molecule has 3 rings (SSSR count). The third-order valence-corrected chi connectivity index (χ3v) is 5.43. The lowest BCUT2D eigenvalue weighted by Crippen LogP contribution is -2.18. The number of hydrogen-bond acceptors (Lipinski definition) is 2. The molecular formula is C17H18FNOS. The lowest BCUT2D eigenvalue weighted by molar-refractivity contribution is 0.558. The zero-order valence-corrected chi connectivity index (χ0v) is 12.5. The molecule has 2 aromatic carbocycles. The normalized spacial score (nSPS) is 19.1. The summed E-state index contributed by atoms with van der Waals surface area (Å²) in [6, 6.07) is 11.9. The molecule has 2 atom stereocenters. The fourth-order valence-electron chi connectivity index (χ4n) is 2.97. The summed E-state index contributed by atoms with van der Waals surface area (Å²) in [5, 5.41) is 0. The summed E-state index contributed by atoms with van der Waals surface area (Å²) in [5.74, 6) is 0.0485. The van der Waals surface area contributed by atoms with Crippen LogP contribution in [0.4, 0.5) is 4.39 Å². The van der Waals surface area contributed by atoms with Gasteiger partial charge in [-0.3, -0.25) is 0 Å². The van der Waals surface area contributed by atoms with Gasteiger partial charge >= 0.3 is 0 Å². The van der Waals surface area contributed by atoms with E-state index in [9.17, 15) is 8.94 Å². The van der Waals surface area contributed by atoms with Crippen molar-refractivity contribution in [1.82, 2.24) is 0 Å². The molecule has 0 spiro atoms. The number of aryl methyl sites for hydroxylation is 1. The molecule has 2 N–H and O–H groups in total. The molecular weight excluding hydrogens is 285 g/mol. The molecule has 1 unspecified atom stereocenters. The average Bonchev–Trinajstić information content (AvgIpc) is 2.53. The van der Waals surface area contributed by atoms with Crippen LogP contribution in [0.1, 0.15) is 29.9 Å². The highest BCUT2D eigenvalue weighted by Crippen LogP contribution is 2.33. The van der Waals surface area contributed by atoms with E-state index in [1.54, 1.807) is 12.1 Å². The van der Waals surface area contributed by atoms with Gasteiger partial charge in [-0.15, -0.1) is 0 Å². The van der Waals surface area contributed by atoms with Crippen LogP contribution in [-0.4, -0.2) is 11.1 Å². The second-order valence-corrected chi connectivity index (χ2v) is 6.89. The SMILES string of the molecule is NC[C@@H]1CCCc2cc([S+]([O-])c3cccc(F)c3)ccc21. The zero-order valence-electron chi connectivity index (χ0n) is 11.7. The Morgan fingerprint density at radius 3 is 2.76 bits per heavy atom. The first-order valence-electron chi connectivity index (χ1n) is 7.19. The molecule has 0 saturated carbocycles. The van der Waals surface area contributed by atoms with Gasteiger partial charge in [-0.25, -0.2) is 4.39 Å². The van der Waals surface area contributed by atoms with Crippen LogP contribution < -0.4 is 5.73 Å². The van der Waals surface area contributed by atoms with E-state index in [1.165, 1.54) is 23.3 Å². The van der Waals surface area contributed by atoms with Crippen LogP contribution in [0.5, 0.6) is 0 Å². The second-order valence-electron chi connectivity index (χ2n) is 5.41. The fourth-order valence-corrected chi connectivity index (χ4v) is 4.10. The summed E-state index contributed by atoms with van der Waals surface area (Å²) in [7, 11) is 0. The van der Waals surface area contributed by atoms with Crippen LogP contribution in [0.3, 0.4) is 0 Å². The molecule has 110 valence electrons. The molecule has 1 aliphatic carbocycles. The van der Waals surface area contributed by atoms with E-state index in [1.807, 2.05) is 18.2 Å². The van der Waals surface area contributed by atoms with Crippen molar-refractivity contribution in [3.8, 4) is 0 Å². The van der Waals surface area contributed by atoms with E-state index in [2.05, 4.69) is 0 Å². The van der Waals surface area contributed by atoms with Gasteiger partial charge in [-0.1, -0.05) is 12.1 Å². The second kappa shape index (κ2) is 6.18. The van der Waals surface area contributed by atoms with Gasteiger partial charge in [0.25, 0.3) is 0 Å². The highest BCUT2D eigenvalue weighted by atomic mass is 32.2. The van der Waals surface area contributed by atoms with Crippen molar-refractivity contribution in [1.29, 1.82) is 0 Å². The van der Waals surface area contributed by atoms with Gasteiger partial charge in [0.15, 0.2) is 9.79 Å². The van der Waals surface area contributed by atoms with Crippen molar-refractivity contribution in [3.05, 3.63) is 59.4 Å². The van der Waals surface area contributed by atoms with Crippen molar-refractivity contribution < 1.29 is 8.94 Å². The summed E-state index contributed by atoms with van der Waals surface area (Å²) in [4.78, 5) is 1.23. The molecule has 0 heterocycles. The van der Waals surface area contributed by atoms with E-state index in [4.69, 9.17) is 5.73 Å². The molecule has 2 aromatic rings. The Kier molecular flexibility index (Phi) is 4.29. The Morgan fingerprint density at radius 2 is 2.00 bits per heavy atom. The maximum Gasteiger partial charge on any atom is 0.161 e. The van der Waals surface area contributed by atoms with E-state index >= 15 is 0 Å². The Bertz CT molecular complexity index is 646. The van der Waals surface area contributed by atoms with Crippen molar-refractivity contribution >= 4 is 11.2 Å². The van der Waals surface area contributed by atoms with Gasteiger partial charge in [0.1, 0.15) is 5.82 Å². The standard InChI is InChI=1S/C17H18FNOS/c18-14-5-2-6-15(10-14)21(20)16-7-8-17-12(9-16)3-1-4-13(17)11-19/h2,5-10,13H,1,3-4,11,19H2/t13-,21?/m0/s1. The molecule has 21 heavy (non-hydrogen) atoms. The molecule has 0 aromatic heterocycles. The topological polar surface area (TPSA) is 49.1 Å². The lowest BCUT2D eigenvalue weighted by Gasteiger charge is -2.24. The third-order valence-electron chi connectivity index (χ3n) is 4.06. The van der Waals surface area contributed by atoms with Gasteiger partial charge in [-0.2, -0.15) is 0 Å². The highest BCUT2D eigenvalue weighted by molar-refractivity contribution is 7.91. The first kappa shape index (κ1) is 14.6. The maximum absolute atomic E-state index is 13.3. The van der Waals surface area contributed by atoms with Gasteiger partial charge in [0.2, 0.25) is 0 Å². The van der Waals surface area contributed by atoms with Crippen molar-refractivity contribution in [2.75, 3.05) is 6.54 Å². The predicted octanol–water partition coefficient (Wildman–Crippen LogP) is 3.37. The van der Waals surface area contributed by atoms with Crippen LogP contribution in [0.2, 0.25) is 0 Å².